The van der Waals surface area contributed by atoms with Crippen molar-refractivity contribution < 1.29 is 0 Å². The van der Waals surface area contributed by atoms with Gasteiger partial charge >= 0.3 is 0 Å². The van der Waals surface area contributed by atoms with E-state index in [1.165, 1.54) is 22.9 Å². The lowest BCUT2D eigenvalue weighted by molar-refractivity contribution is 0.736. The van der Waals surface area contributed by atoms with Crippen LogP contribution < -0.4 is 0 Å². The Balaban J connectivity index is 1.72. The van der Waals surface area contributed by atoms with Gasteiger partial charge in [-0.25, -0.2) is 9.97 Å². The third kappa shape index (κ3) is 4.76. The van der Waals surface area contributed by atoms with Crippen LogP contribution in [0.25, 0.3) is 0 Å². The second-order valence-electron chi connectivity index (χ2n) is 4.52. The minimum Gasteiger partial charge on any atom is -0.249 e. The van der Waals surface area contributed by atoms with Crippen LogP contribution in [0, 0.1) is 0 Å². The van der Waals surface area contributed by atoms with E-state index in [0.29, 0.717) is 11.8 Å². The van der Waals surface area contributed by atoms with Crippen LogP contribution in [0.3, 0.4) is 0 Å². The van der Waals surface area contributed by atoms with Crippen molar-refractivity contribution in [3.63, 3.8) is 0 Å². The van der Waals surface area contributed by atoms with Crippen molar-refractivity contribution in [3.05, 3.63) is 33.2 Å². The molecule has 0 aliphatic heterocycles. The van der Waals surface area contributed by atoms with Crippen molar-refractivity contribution in [1.29, 1.82) is 0 Å². The molecule has 0 bridgehead atoms. The summed E-state index contributed by atoms with van der Waals surface area (Å²) < 4.78 is 0. The van der Waals surface area contributed by atoms with Gasteiger partial charge in [-0.05, 0) is 12.8 Å². The lowest BCUT2D eigenvalue weighted by atomic mass is 10.1. The monoisotopic (exact) mass is 344 g/mol. The molecule has 0 aliphatic rings. The molecule has 0 amide bonds. The summed E-state index contributed by atoms with van der Waals surface area (Å²) in [6.07, 6.45) is 6.17. The molecule has 110 valence electrons. The maximum Gasteiger partial charge on any atom is 0.0964 e. The summed E-state index contributed by atoms with van der Waals surface area (Å²) in [7, 11) is 3.97. The van der Waals surface area contributed by atoms with Crippen molar-refractivity contribution >= 4 is 44.3 Å². The highest BCUT2D eigenvalue weighted by molar-refractivity contribution is 8.76. The molecule has 6 heteroatoms. The Morgan fingerprint density at radius 3 is 1.65 bits per heavy atom. The highest BCUT2D eigenvalue weighted by atomic mass is 33.1. The minimum atomic E-state index is 0.604. The SMILES string of the molecule is CCC(CSSCC(CC)c1nccs1)c1nccs1. The predicted octanol–water partition coefficient (Wildman–Crippen LogP) is 5.67. The first-order chi connectivity index (χ1) is 9.85. The van der Waals surface area contributed by atoms with E-state index < -0.39 is 0 Å². The van der Waals surface area contributed by atoms with E-state index in [1.54, 1.807) is 22.7 Å². The molecule has 0 aliphatic carbocycles. The van der Waals surface area contributed by atoms with Crippen LogP contribution in [0.4, 0.5) is 0 Å². The number of hydrogen-bond donors (Lipinski definition) is 0. The number of hydrogen-bond acceptors (Lipinski definition) is 6. The molecule has 2 nitrogen and oxygen atoms in total. The van der Waals surface area contributed by atoms with Gasteiger partial charge in [0, 0.05) is 46.5 Å². The van der Waals surface area contributed by atoms with E-state index in [4.69, 9.17) is 0 Å². The van der Waals surface area contributed by atoms with Gasteiger partial charge in [0.15, 0.2) is 0 Å². The third-order valence-electron chi connectivity index (χ3n) is 3.21. The van der Waals surface area contributed by atoms with Gasteiger partial charge in [-0.1, -0.05) is 35.4 Å². The Kier molecular flexibility index (Phi) is 7.41. The molecule has 0 fully saturated rings. The molecule has 20 heavy (non-hydrogen) atoms. The molecule has 0 aromatic carbocycles. The zero-order valence-corrected chi connectivity index (χ0v) is 15.1. The van der Waals surface area contributed by atoms with Crippen molar-refractivity contribution in [1.82, 2.24) is 9.97 Å². The summed E-state index contributed by atoms with van der Waals surface area (Å²) >= 11 is 3.56. The van der Waals surface area contributed by atoms with Crippen LogP contribution in [0.2, 0.25) is 0 Å². The van der Waals surface area contributed by atoms with Gasteiger partial charge in [0.25, 0.3) is 0 Å². The Morgan fingerprint density at radius 1 is 0.900 bits per heavy atom. The van der Waals surface area contributed by atoms with Gasteiger partial charge < -0.3 is 0 Å². The average Bonchev–Trinajstić information content (AvgIpc) is 3.15. The first-order valence-electron chi connectivity index (χ1n) is 6.88. The van der Waals surface area contributed by atoms with Gasteiger partial charge in [0.1, 0.15) is 0 Å². The molecule has 2 aromatic rings. The summed E-state index contributed by atoms with van der Waals surface area (Å²) in [6.45, 7) is 4.50. The quantitative estimate of drug-likeness (QED) is 0.432. The number of rotatable bonds is 9. The van der Waals surface area contributed by atoms with Gasteiger partial charge in [0.05, 0.1) is 10.0 Å². The summed E-state index contributed by atoms with van der Waals surface area (Å²) in [5.74, 6) is 3.52. The largest absolute Gasteiger partial charge is 0.249 e. The van der Waals surface area contributed by atoms with Crippen molar-refractivity contribution in [2.45, 2.75) is 38.5 Å². The average molecular weight is 345 g/mol. The lowest BCUT2D eigenvalue weighted by Crippen LogP contribution is -2.01. The van der Waals surface area contributed by atoms with Gasteiger partial charge in [-0.2, -0.15) is 0 Å². The maximum atomic E-state index is 4.45. The van der Waals surface area contributed by atoms with Crippen LogP contribution in [0.15, 0.2) is 23.2 Å². The lowest BCUT2D eigenvalue weighted by Gasteiger charge is -2.13. The van der Waals surface area contributed by atoms with Gasteiger partial charge in [-0.15, -0.1) is 22.7 Å². The normalized spacial score (nSPS) is 14.3. The smallest absolute Gasteiger partial charge is 0.0964 e. The molecule has 2 rings (SSSR count). The third-order valence-corrected chi connectivity index (χ3v) is 7.64. The Labute approximate surface area is 137 Å². The van der Waals surface area contributed by atoms with E-state index in [2.05, 4.69) is 34.6 Å². The first-order valence-corrected chi connectivity index (χ1v) is 11.1. The fraction of sp³-hybridized carbons (Fsp3) is 0.571. The first kappa shape index (κ1) is 16.3. The van der Waals surface area contributed by atoms with Gasteiger partial charge in [-0.3, -0.25) is 0 Å². The molecular weight excluding hydrogens is 324 g/mol. The van der Waals surface area contributed by atoms with E-state index >= 15 is 0 Å². The molecule has 0 N–H and O–H groups in total. The van der Waals surface area contributed by atoms with Gasteiger partial charge in [0.2, 0.25) is 0 Å². The second-order valence-corrected chi connectivity index (χ2v) is 8.92. The topological polar surface area (TPSA) is 25.8 Å². The van der Waals surface area contributed by atoms with Crippen molar-refractivity contribution in [3.8, 4) is 0 Å². The summed E-state index contributed by atoms with van der Waals surface area (Å²) in [4.78, 5) is 8.89. The number of aromatic nitrogens is 2. The fourth-order valence-electron chi connectivity index (χ4n) is 1.86. The van der Waals surface area contributed by atoms with Crippen LogP contribution in [0.1, 0.15) is 48.5 Å². The highest BCUT2D eigenvalue weighted by Gasteiger charge is 2.15. The summed E-state index contributed by atoms with van der Waals surface area (Å²) in [6, 6.07) is 0. The Hall–Kier alpha value is -0.0400. The van der Waals surface area contributed by atoms with Crippen LogP contribution in [0.5, 0.6) is 0 Å². The molecule has 2 aromatic heterocycles. The van der Waals surface area contributed by atoms with Crippen LogP contribution in [-0.4, -0.2) is 21.5 Å². The molecule has 2 unspecified atom stereocenters. The fourth-order valence-corrected chi connectivity index (χ4v) is 6.59. The molecule has 0 saturated heterocycles. The van der Waals surface area contributed by atoms with E-state index in [1.807, 2.05) is 34.0 Å². The number of thiazole rings is 2. The van der Waals surface area contributed by atoms with E-state index in [-0.39, 0.29) is 0 Å². The standard InChI is InChI=1S/C14H20N2S4/c1-3-11(13-15-5-7-17-13)9-19-20-10-12(4-2)14-16-6-8-18-14/h5-8,11-12H,3-4,9-10H2,1-2H3. The maximum absolute atomic E-state index is 4.45. The predicted molar refractivity (Wildman–Crippen MR) is 95.2 cm³/mol. The molecular formula is C14H20N2S4. The molecule has 2 heterocycles. The molecule has 0 saturated carbocycles. The highest BCUT2D eigenvalue weighted by Crippen LogP contribution is 2.35. The van der Waals surface area contributed by atoms with E-state index in [9.17, 15) is 0 Å². The van der Waals surface area contributed by atoms with E-state index in [0.717, 1.165) is 11.5 Å². The second kappa shape index (κ2) is 9.07. The Bertz CT molecular complexity index is 411. The van der Waals surface area contributed by atoms with Crippen molar-refractivity contribution in [2.24, 2.45) is 0 Å². The molecule has 2 atom stereocenters. The minimum absolute atomic E-state index is 0.604. The summed E-state index contributed by atoms with van der Waals surface area (Å²) in [5.41, 5.74) is 0. The van der Waals surface area contributed by atoms with Crippen LogP contribution in [-0.2, 0) is 0 Å². The van der Waals surface area contributed by atoms with Crippen LogP contribution >= 0.6 is 44.3 Å². The van der Waals surface area contributed by atoms with Crippen molar-refractivity contribution in [2.75, 3.05) is 11.5 Å². The molecule has 0 spiro atoms. The number of nitrogens with zero attached hydrogens (tertiary/aromatic N) is 2. The zero-order chi connectivity index (χ0) is 14.2. The zero-order valence-electron chi connectivity index (χ0n) is 11.8. The molecule has 0 radical (unpaired) electrons. The Morgan fingerprint density at radius 2 is 1.35 bits per heavy atom. The summed E-state index contributed by atoms with van der Waals surface area (Å²) in [5, 5.41) is 6.72.